The summed E-state index contributed by atoms with van der Waals surface area (Å²) < 4.78 is 6.81. The zero-order chi connectivity index (χ0) is 22.7. The van der Waals surface area contributed by atoms with Gasteiger partial charge in [-0.15, -0.1) is 0 Å². The summed E-state index contributed by atoms with van der Waals surface area (Å²) in [6, 6.07) is 18.5. The highest BCUT2D eigenvalue weighted by atomic mass is 35.5. The molecule has 1 fully saturated rings. The van der Waals surface area contributed by atoms with E-state index in [0.717, 1.165) is 43.7 Å². The van der Waals surface area contributed by atoms with Crippen molar-refractivity contribution in [2.75, 3.05) is 13.1 Å². The van der Waals surface area contributed by atoms with Gasteiger partial charge < -0.3 is 4.74 Å². The van der Waals surface area contributed by atoms with Gasteiger partial charge >= 0.3 is 0 Å². The van der Waals surface area contributed by atoms with Crippen LogP contribution in [0, 0.1) is 6.92 Å². The minimum atomic E-state index is -0.257. The maximum atomic E-state index is 6.81. The molecule has 0 aliphatic carbocycles. The van der Waals surface area contributed by atoms with Crippen molar-refractivity contribution < 1.29 is 4.74 Å². The third-order valence-electron chi connectivity index (χ3n) is 6.29. The predicted molar refractivity (Wildman–Crippen MR) is 132 cm³/mol. The summed E-state index contributed by atoms with van der Waals surface area (Å²) in [7, 11) is 0. The fraction of sp³-hybridized carbons (Fsp3) is 0.370. The smallest absolute Gasteiger partial charge is 0.109 e. The van der Waals surface area contributed by atoms with E-state index >= 15 is 0 Å². The van der Waals surface area contributed by atoms with E-state index in [1.807, 2.05) is 38.2 Å². The van der Waals surface area contributed by atoms with E-state index in [1.165, 1.54) is 16.7 Å². The van der Waals surface area contributed by atoms with Crippen molar-refractivity contribution in [3.8, 4) is 0 Å². The summed E-state index contributed by atoms with van der Waals surface area (Å²) in [6.07, 6.45) is 3.68. The van der Waals surface area contributed by atoms with E-state index in [1.54, 1.807) is 6.07 Å². The number of hydrogen-bond donors (Lipinski definition) is 0. The Hall–Kier alpha value is -1.91. The van der Waals surface area contributed by atoms with Crippen molar-refractivity contribution in [1.29, 1.82) is 0 Å². The molecule has 0 N–H and O–H groups in total. The van der Waals surface area contributed by atoms with Crippen molar-refractivity contribution in [2.24, 2.45) is 0 Å². The average molecular weight is 469 g/mol. The Bertz CT molecular complexity index is 1060. The third-order valence-corrected chi connectivity index (χ3v) is 6.72. The normalized spacial score (nSPS) is 19.3. The van der Waals surface area contributed by atoms with Crippen LogP contribution in [0.15, 0.2) is 60.8 Å². The van der Waals surface area contributed by atoms with Gasteiger partial charge in [-0.05, 0) is 72.4 Å². The number of piperidine rings is 1. The van der Waals surface area contributed by atoms with Crippen LogP contribution in [-0.2, 0) is 16.9 Å². The van der Waals surface area contributed by atoms with Gasteiger partial charge in [-0.1, -0.05) is 61.3 Å². The van der Waals surface area contributed by atoms with Crippen molar-refractivity contribution >= 4 is 23.2 Å². The number of halogens is 2. The first-order chi connectivity index (χ1) is 15.5. The molecule has 1 spiro atoms. The summed E-state index contributed by atoms with van der Waals surface area (Å²) >= 11 is 12.6. The van der Waals surface area contributed by atoms with Crippen LogP contribution in [0.25, 0.3) is 0 Å². The molecule has 2 aliphatic rings. The summed E-state index contributed by atoms with van der Waals surface area (Å²) in [5.41, 5.74) is 5.68. The number of aromatic nitrogens is 1. The molecule has 2 aliphatic heterocycles. The first-order valence-electron chi connectivity index (χ1n) is 11.4. The molecule has 5 heteroatoms. The monoisotopic (exact) mass is 468 g/mol. The molecule has 168 valence electrons. The van der Waals surface area contributed by atoms with E-state index in [4.69, 9.17) is 27.9 Å². The Morgan fingerprint density at radius 1 is 1.00 bits per heavy atom. The van der Waals surface area contributed by atoms with E-state index in [9.17, 15) is 0 Å². The van der Waals surface area contributed by atoms with Gasteiger partial charge in [-0.3, -0.25) is 9.88 Å². The second-order valence-electron chi connectivity index (χ2n) is 8.38. The number of rotatable bonds is 3. The quantitative estimate of drug-likeness (QED) is 0.402. The molecule has 2 aromatic carbocycles. The van der Waals surface area contributed by atoms with E-state index in [0.29, 0.717) is 10.0 Å². The SMILES string of the molecule is CC.Cc1ccnc(CN2CCC3(CC2)OC(c2cc(Cl)cc(Cl)c2)c2ccccc23)c1. The summed E-state index contributed by atoms with van der Waals surface area (Å²) in [4.78, 5) is 7.00. The molecule has 32 heavy (non-hydrogen) atoms. The molecular formula is C27H30Cl2N2O. The van der Waals surface area contributed by atoms with Crippen molar-refractivity contribution in [2.45, 2.75) is 51.9 Å². The summed E-state index contributed by atoms with van der Waals surface area (Å²) in [5.74, 6) is 0. The van der Waals surface area contributed by atoms with E-state index in [2.05, 4.69) is 47.1 Å². The Balaban J connectivity index is 0.00000119. The second kappa shape index (κ2) is 9.93. The molecule has 5 rings (SSSR count). The molecule has 1 unspecified atom stereocenters. The molecule has 1 atom stereocenters. The maximum absolute atomic E-state index is 6.81. The lowest BCUT2D eigenvalue weighted by Gasteiger charge is -2.39. The number of benzene rings is 2. The molecule has 1 aromatic heterocycles. The first-order valence-corrected chi connectivity index (χ1v) is 12.2. The highest BCUT2D eigenvalue weighted by Crippen LogP contribution is 2.51. The molecule has 0 bridgehead atoms. The Labute approximate surface area is 201 Å². The topological polar surface area (TPSA) is 25.4 Å². The lowest BCUT2D eigenvalue weighted by molar-refractivity contribution is -0.0979. The van der Waals surface area contributed by atoms with Gasteiger partial charge in [0.15, 0.2) is 0 Å². The van der Waals surface area contributed by atoms with Crippen LogP contribution in [0.4, 0.5) is 0 Å². The summed E-state index contributed by atoms with van der Waals surface area (Å²) in [5, 5.41) is 1.28. The Morgan fingerprint density at radius 3 is 2.38 bits per heavy atom. The number of hydrogen-bond acceptors (Lipinski definition) is 3. The van der Waals surface area contributed by atoms with Crippen LogP contribution in [0.2, 0.25) is 10.0 Å². The minimum absolute atomic E-state index is 0.137. The second-order valence-corrected chi connectivity index (χ2v) is 9.26. The minimum Gasteiger partial charge on any atom is -0.358 e. The van der Waals surface area contributed by atoms with Crippen LogP contribution in [0.3, 0.4) is 0 Å². The number of ether oxygens (including phenoxy) is 1. The zero-order valence-electron chi connectivity index (χ0n) is 18.9. The average Bonchev–Trinajstić information content (AvgIpc) is 3.11. The highest BCUT2D eigenvalue weighted by molar-refractivity contribution is 6.34. The molecule has 1 saturated heterocycles. The Kier molecular flexibility index (Phi) is 7.21. The zero-order valence-corrected chi connectivity index (χ0v) is 20.5. The van der Waals surface area contributed by atoms with Gasteiger partial charge in [0.1, 0.15) is 6.10 Å². The summed E-state index contributed by atoms with van der Waals surface area (Å²) in [6.45, 7) is 8.95. The van der Waals surface area contributed by atoms with Gasteiger partial charge in [0.05, 0.1) is 11.3 Å². The Morgan fingerprint density at radius 2 is 1.69 bits per heavy atom. The number of aryl methyl sites for hydroxylation is 1. The van der Waals surface area contributed by atoms with Gasteiger partial charge in [0.2, 0.25) is 0 Å². The van der Waals surface area contributed by atoms with Crippen molar-refractivity contribution in [1.82, 2.24) is 9.88 Å². The first kappa shape index (κ1) is 23.3. The van der Waals surface area contributed by atoms with Gasteiger partial charge in [0.25, 0.3) is 0 Å². The molecule has 0 radical (unpaired) electrons. The lowest BCUT2D eigenvalue weighted by Crippen LogP contribution is -2.42. The number of likely N-dealkylation sites (tertiary alicyclic amines) is 1. The van der Waals surface area contributed by atoms with Gasteiger partial charge in [-0.2, -0.15) is 0 Å². The molecule has 3 heterocycles. The number of nitrogens with zero attached hydrogens (tertiary/aromatic N) is 2. The maximum Gasteiger partial charge on any atom is 0.109 e. The van der Waals surface area contributed by atoms with Crippen molar-refractivity contribution in [3.63, 3.8) is 0 Å². The van der Waals surface area contributed by atoms with Gasteiger partial charge in [0, 0.05) is 35.9 Å². The van der Waals surface area contributed by atoms with Crippen LogP contribution >= 0.6 is 23.2 Å². The molecule has 0 saturated carbocycles. The molecule has 3 aromatic rings. The third kappa shape index (κ3) is 4.72. The number of pyridine rings is 1. The van der Waals surface area contributed by atoms with Crippen LogP contribution in [-0.4, -0.2) is 23.0 Å². The highest BCUT2D eigenvalue weighted by Gasteiger charge is 2.47. The van der Waals surface area contributed by atoms with Crippen LogP contribution < -0.4 is 0 Å². The largest absolute Gasteiger partial charge is 0.358 e. The van der Waals surface area contributed by atoms with E-state index < -0.39 is 0 Å². The molecular weight excluding hydrogens is 439 g/mol. The van der Waals surface area contributed by atoms with Gasteiger partial charge in [-0.25, -0.2) is 0 Å². The lowest BCUT2D eigenvalue weighted by atomic mass is 9.83. The molecule has 0 amide bonds. The van der Waals surface area contributed by atoms with Crippen LogP contribution in [0.1, 0.15) is 60.7 Å². The standard InChI is InChI=1S/C25H24Cl2N2O.C2H6/c1-17-6-9-28-21(12-17)16-29-10-7-25(8-11-29)23-5-3-2-4-22(23)24(30-25)18-13-19(26)15-20(27)14-18;1-2/h2-6,9,12-15,24H,7-8,10-11,16H2,1H3;1-2H3. The fourth-order valence-corrected chi connectivity index (χ4v) is 5.38. The van der Waals surface area contributed by atoms with Crippen molar-refractivity contribution in [3.05, 3.63) is 98.8 Å². The fourth-order valence-electron chi connectivity index (χ4n) is 4.84. The predicted octanol–water partition coefficient (Wildman–Crippen LogP) is 7.33. The molecule has 3 nitrogen and oxygen atoms in total. The number of fused-ring (bicyclic) bond motifs is 2. The van der Waals surface area contributed by atoms with E-state index in [-0.39, 0.29) is 11.7 Å². The van der Waals surface area contributed by atoms with Crippen LogP contribution in [0.5, 0.6) is 0 Å².